The first-order valence-electron chi connectivity index (χ1n) is 7.57. The van der Waals surface area contributed by atoms with Gasteiger partial charge < -0.3 is 20.9 Å². The Balaban J connectivity index is 0.000000301. The van der Waals surface area contributed by atoms with Gasteiger partial charge in [0, 0.05) is 5.92 Å². The quantitative estimate of drug-likeness (QED) is 0.903. The van der Waals surface area contributed by atoms with Crippen molar-refractivity contribution < 1.29 is 19.1 Å². The molecule has 2 amide bonds. The van der Waals surface area contributed by atoms with E-state index in [0.29, 0.717) is 13.2 Å². The molecule has 2 aromatic carbocycles. The second-order valence-corrected chi connectivity index (χ2v) is 5.11. The van der Waals surface area contributed by atoms with Crippen molar-refractivity contribution in [3.63, 3.8) is 0 Å². The van der Waals surface area contributed by atoms with Gasteiger partial charge in [0.25, 0.3) is 0 Å². The Kier molecular flexibility index (Phi) is 5.78. The van der Waals surface area contributed by atoms with Gasteiger partial charge in [-0.3, -0.25) is 0 Å². The number of carbonyl (C=O) groups is 2. The highest BCUT2D eigenvalue weighted by Gasteiger charge is 2.28. The van der Waals surface area contributed by atoms with E-state index in [1.165, 1.54) is 22.3 Å². The third-order valence-corrected chi connectivity index (χ3v) is 3.64. The second-order valence-electron chi connectivity index (χ2n) is 5.11. The minimum Gasteiger partial charge on any atom is -0.450 e. The predicted octanol–water partition coefficient (Wildman–Crippen LogP) is 3.00. The zero-order chi connectivity index (χ0) is 17.5. The number of ether oxygens (including phenoxy) is 2. The largest absolute Gasteiger partial charge is 0.450 e. The monoisotopic (exact) mass is 328 g/mol. The van der Waals surface area contributed by atoms with Crippen molar-refractivity contribution in [2.45, 2.75) is 12.8 Å². The topological polar surface area (TPSA) is 105 Å². The van der Waals surface area contributed by atoms with E-state index in [-0.39, 0.29) is 5.92 Å². The summed E-state index contributed by atoms with van der Waals surface area (Å²) in [6.07, 6.45) is -1.44. The Morgan fingerprint density at radius 1 is 0.875 bits per heavy atom. The van der Waals surface area contributed by atoms with Gasteiger partial charge in [0.15, 0.2) is 0 Å². The molecular formula is C18H20N2O4. The van der Waals surface area contributed by atoms with E-state index in [0.717, 1.165) is 0 Å². The molecule has 24 heavy (non-hydrogen) atoms. The second kappa shape index (κ2) is 8.01. The smallest absolute Gasteiger partial charge is 0.404 e. The van der Waals surface area contributed by atoms with Crippen molar-refractivity contribution in [3.05, 3.63) is 59.7 Å². The lowest BCUT2D eigenvalue weighted by Gasteiger charge is -2.12. The summed E-state index contributed by atoms with van der Waals surface area (Å²) >= 11 is 0. The molecule has 0 atom stereocenters. The molecule has 4 N–H and O–H groups in total. The molecule has 0 bridgehead atoms. The van der Waals surface area contributed by atoms with Crippen LogP contribution in [-0.4, -0.2) is 25.4 Å². The van der Waals surface area contributed by atoms with E-state index in [9.17, 15) is 9.59 Å². The van der Waals surface area contributed by atoms with Crippen LogP contribution in [0.1, 0.15) is 24.0 Å². The average Bonchev–Trinajstić information content (AvgIpc) is 2.87. The van der Waals surface area contributed by atoms with Crippen molar-refractivity contribution in [2.24, 2.45) is 11.5 Å². The van der Waals surface area contributed by atoms with Crippen LogP contribution in [0.5, 0.6) is 0 Å². The summed E-state index contributed by atoms with van der Waals surface area (Å²) in [5, 5.41) is 0. The molecule has 3 rings (SSSR count). The minimum atomic E-state index is -0.725. The van der Waals surface area contributed by atoms with Crippen molar-refractivity contribution in [2.75, 3.05) is 13.2 Å². The molecule has 0 aliphatic heterocycles. The maximum atomic E-state index is 10.8. The molecule has 0 fully saturated rings. The molecule has 0 spiro atoms. The fraction of sp³-hybridized carbons (Fsp3) is 0.222. The minimum absolute atomic E-state index is 0.0879. The molecule has 1 aliphatic carbocycles. The zero-order valence-corrected chi connectivity index (χ0v) is 13.4. The summed E-state index contributed by atoms with van der Waals surface area (Å²) in [4.78, 5) is 20.4. The van der Waals surface area contributed by atoms with Gasteiger partial charge in [-0.2, -0.15) is 0 Å². The van der Waals surface area contributed by atoms with Gasteiger partial charge in [-0.25, -0.2) is 9.59 Å². The first-order chi connectivity index (χ1) is 11.5. The summed E-state index contributed by atoms with van der Waals surface area (Å²) in [5.74, 6) is 0.0879. The first kappa shape index (κ1) is 17.3. The van der Waals surface area contributed by atoms with E-state index < -0.39 is 12.2 Å². The molecule has 6 heteroatoms. The number of rotatable bonds is 3. The number of primary amides is 2. The Labute approximate surface area is 140 Å². The molecule has 0 saturated heterocycles. The Bertz CT molecular complexity index is 685. The van der Waals surface area contributed by atoms with Crippen LogP contribution in [0.3, 0.4) is 0 Å². The molecular weight excluding hydrogens is 308 g/mol. The Morgan fingerprint density at radius 2 is 1.33 bits per heavy atom. The average molecular weight is 328 g/mol. The lowest BCUT2D eigenvalue weighted by molar-refractivity contribution is 0.153. The van der Waals surface area contributed by atoms with Gasteiger partial charge in [-0.05, 0) is 29.2 Å². The Hall–Kier alpha value is -3.02. The molecule has 0 saturated carbocycles. The highest BCUT2D eigenvalue weighted by molar-refractivity contribution is 5.79. The van der Waals surface area contributed by atoms with E-state index in [1.54, 1.807) is 6.92 Å². The number of fused-ring (bicyclic) bond motifs is 3. The summed E-state index contributed by atoms with van der Waals surface area (Å²) in [5.41, 5.74) is 14.4. The summed E-state index contributed by atoms with van der Waals surface area (Å²) in [6, 6.07) is 16.4. The molecule has 1 aliphatic rings. The van der Waals surface area contributed by atoms with Crippen molar-refractivity contribution in [1.82, 2.24) is 0 Å². The van der Waals surface area contributed by atoms with E-state index in [2.05, 4.69) is 34.7 Å². The molecule has 6 nitrogen and oxygen atoms in total. The molecule has 0 radical (unpaired) electrons. The SMILES string of the molecule is CCOC(N)=O.NC(=O)OCC1c2ccccc2-c2ccccc21. The maximum absolute atomic E-state index is 10.8. The molecule has 0 aromatic heterocycles. The van der Waals surface area contributed by atoms with Gasteiger partial charge in [-0.15, -0.1) is 0 Å². The van der Waals surface area contributed by atoms with E-state index >= 15 is 0 Å². The summed E-state index contributed by atoms with van der Waals surface area (Å²) < 4.78 is 9.16. The number of carbonyl (C=O) groups excluding carboxylic acids is 2. The number of hydrogen-bond donors (Lipinski definition) is 2. The van der Waals surface area contributed by atoms with Crippen LogP contribution < -0.4 is 11.5 Å². The normalized spacial score (nSPS) is 11.5. The Morgan fingerprint density at radius 3 is 1.71 bits per heavy atom. The molecule has 2 aromatic rings. The maximum Gasteiger partial charge on any atom is 0.404 e. The van der Waals surface area contributed by atoms with E-state index in [1.807, 2.05) is 24.3 Å². The lowest BCUT2D eigenvalue weighted by Crippen LogP contribution is -2.17. The summed E-state index contributed by atoms with van der Waals surface area (Å²) in [6.45, 7) is 2.35. The molecule has 0 unspecified atom stereocenters. The highest BCUT2D eigenvalue weighted by Crippen LogP contribution is 2.44. The number of hydrogen-bond acceptors (Lipinski definition) is 4. The van der Waals surface area contributed by atoms with Crippen LogP contribution in [-0.2, 0) is 9.47 Å². The number of nitrogens with two attached hydrogens (primary N) is 2. The number of amides is 2. The van der Waals surface area contributed by atoms with Crippen LogP contribution >= 0.6 is 0 Å². The lowest BCUT2D eigenvalue weighted by atomic mass is 9.98. The predicted molar refractivity (Wildman–Crippen MR) is 90.5 cm³/mol. The van der Waals surface area contributed by atoms with Gasteiger partial charge >= 0.3 is 12.2 Å². The van der Waals surface area contributed by atoms with Crippen LogP contribution in [0.4, 0.5) is 9.59 Å². The van der Waals surface area contributed by atoms with E-state index in [4.69, 9.17) is 10.5 Å². The third-order valence-electron chi connectivity index (χ3n) is 3.64. The zero-order valence-electron chi connectivity index (χ0n) is 13.4. The van der Waals surface area contributed by atoms with Gasteiger partial charge in [0.1, 0.15) is 6.61 Å². The van der Waals surface area contributed by atoms with Crippen molar-refractivity contribution >= 4 is 12.2 Å². The fourth-order valence-corrected chi connectivity index (χ4v) is 2.75. The van der Waals surface area contributed by atoms with Gasteiger partial charge in [-0.1, -0.05) is 48.5 Å². The molecule has 0 heterocycles. The molecule has 126 valence electrons. The highest BCUT2D eigenvalue weighted by atomic mass is 16.5. The van der Waals surface area contributed by atoms with Crippen molar-refractivity contribution in [3.8, 4) is 11.1 Å². The van der Waals surface area contributed by atoms with Crippen LogP contribution in [0.25, 0.3) is 11.1 Å². The number of benzene rings is 2. The summed E-state index contributed by atoms with van der Waals surface area (Å²) in [7, 11) is 0. The third kappa shape index (κ3) is 4.04. The standard InChI is InChI=1S/C15H13NO2.C3H7NO2/c16-15(17)18-9-14-12-7-3-1-5-10(12)11-6-2-4-8-13(11)14;1-2-6-3(4)5/h1-8,14H,9H2,(H2,16,17);2H2,1H3,(H2,4,5). The van der Waals surface area contributed by atoms with Crippen LogP contribution in [0.15, 0.2) is 48.5 Å². The van der Waals surface area contributed by atoms with Gasteiger partial charge in [0.2, 0.25) is 0 Å². The van der Waals surface area contributed by atoms with Crippen molar-refractivity contribution in [1.29, 1.82) is 0 Å². The van der Waals surface area contributed by atoms with Crippen LogP contribution in [0, 0.1) is 0 Å². The van der Waals surface area contributed by atoms with Gasteiger partial charge in [0.05, 0.1) is 6.61 Å². The fourth-order valence-electron chi connectivity index (χ4n) is 2.75. The first-order valence-corrected chi connectivity index (χ1v) is 7.57. The van der Waals surface area contributed by atoms with Crippen LogP contribution in [0.2, 0.25) is 0 Å².